The minimum atomic E-state index is 0.638. The first-order valence-electron chi connectivity index (χ1n) is 8.42. The Morgan fingerprint density at radius 3 is 2.48 bits per heavy atom. The van der Waals surface area contributed by atoms with Crippen LogP contribution in [0.1, 0.15) is 49.7 Å². The van der Waals surface area contributed by atoms with Crippen molar-refractivity contribution < 1.29 is 0 Å². The number of nitrogens with one attached hydrogen (secondary N) is 2. The fraction of sp³-hybridized carbons (Fsp3) is 0.667. The number of anilines is 1. The Hall–Kier alpha value is -0.540. The monoisotopic (exact) mass is 350 g/mol. The third-order valence-corrected chi connectivity index (χ3v) is 5.72. The first-order chi connectivity index (χ1) is 10.1. The third kappa shape index (κ3) is 3.45. The normalized spacial score (nSPS) is 29.6. The average Bonchev–Trinajstić information content (AvgIpc) is 2.92. The summed E-state index contributed by atoms with van der Waals surface area (Å²) in [7, 11) is 0. The molecule has 2 N–H and O–H groups in total. The van der Waals surface area contributed by atoms with Crippen molar-refractivity contribution in [1.82, 2.24) is 5.32 Å². The van der Waals surface area contributed by atoms with E-state index in [9.17, 15) is 0 Å². The summed E-state index contributed by atoms with van der Waals surface area (Å²) in [5.74, 6) is 0.799. The molecular weight excluding hydrogens is 324 g/mol. The molecule has 0 radical (unpaired) electrons. The molecule has 3 atom stereocenters. The predicted octanol–water partition coefficient (Wildman–Crippen LogP) is 4.79. The number of rotatable bonds is 3. The lowest BCUT2D eigenvalue weighted by molar-refractivity contribution is 0.286. The maximum absolute atomic E-state index is 3.89. The van der Waals surface area contributed by atoms with Gasteiger partial charge in [-0.2, -0.15) is 0 Å². The van der Waals surface area contributed by atoms with E-state index in [0.717, 1.165) is 12.0 Å². The number of aryl methyl sites for hydroxylation is 2. The molecular formula is C18H27BrN2. The molecule has 2 nitrogen and oxygen atoms in total. The van der Waals surface area contributed by atoms with E-state index in [4.69, 9.17) is 0 Å². The molecule has 0 aromatic heterocycles. The van der Waals surface area contributed by atoms with E-state index in [-0.39, 0.29) is 0 Å². The number of halogens is 1. The summed E-state index contributed by atoms with van der Waals surface area (Å²) < 4.78 is 1.18. The van der Waals surface area contributed by atoms with Gasteiger partial charge in [0.15, 0.2) is 0 Å². The van der Waals surface area contributed by atoms with E-state index in [0.29, 0.717) is 6.04 Å². The molecule has 116 valence electrons. The number of benzene rings is 1. The molecule has 1 saturated heterocycles. The van der Waals surface area contributed by atoms with Crippen LogP contribution in [0.2, 0.25) is 0 Å². The van der Waals surface area contributed by atoms with Crippen LogP contribution in [0.15, 0.2) is 16.6 Å². The van der Waals surface area contributed by atoms with E-state index < -0.39 is 0 Å². The fourth-order valence-electron chi connectivity index (χ4n) is 4.22. The second kappa shape index (κ2) is 6.70. The van der Waals surface area contributed by atoms with Gasteiger partial charge in [-0.15, -0.1) is 0 Å². The predicted molar refractivity (Wildman–Crippen MR) is 94.0 cm³/mol. The molecule has 2 aliphatic rings. The largest absolute Gasteiger partial charge is 0.382 e. The Bertz CT molecular complexity index is 471. The van der Waals surface area contributed by atoms with Crippen LogP contribution in [0.25, 0.3) is 0 Å². The minimum absolute atomic E-state index is 0.638. The SMILES string of the molecule is Cc1cc(Br)cc(C)c1NC1CCCC1C1CCCCN1. The summed E-state index contributed by atoms with van der Waals surface area (Å²) in [5, 5.41) is 7.66. The molecule has 0 amide bonds. The third-order valence-electron chi connectivity index (χ3n) is 5.26. The van der Waals surface area contributed by atoms with Crippen molar-refractivity contribution in [2.75, 3.05) is 11.9 Å². The maximum Gasteiger partial charge on any atom is 0.0402 e. The lowest BCUT2D eigenvalue weighted by Crippen LogP contribution is -2.44. The van der Waals surface area contributed by atoms with E-state index in [1.807, 2.05) is 0 Å². The molecule has 3 unspecified atom stereocenters. The highest BCUT2D eigenvalue weighted by molar-refractivity contribution is 9.10. The van der Waals surface area contributed by atoms with Gasteiger partial charge in [-0.25, -0.2) is 0 Å². The van der Waals surface area contributed by atoms with Gasteiger partial charge in [0, 0.05) is 22.2 Å². The average molecular weight is 351 g/mol. The topological polar surface area (TPSA) is 24.1 Å². The van der Waals surface area contributed by atoms with Gasteiger partial charge in [-0.3, -0.25) is 0 Å². The molecule has 0 bridgehead atoms. The van der Waals surface area contributed by atoms with Gasteiger partial charge in [0.1, 0.15) is 0 Å². The zero-order chi connectivity index (χ0) is 14.8. The molecule has 0 spiro atoms. The molecule has 1 aromatic rings. The van der Waals surface area contributed by atoms with Crippen molar-refractivity contribution in [3.8, 4) is 0 Å². The second-order valence-corrected chi connectivity index (χ2v) is 7.73. The molecule has 1 aliphatic heterocycles. The molecule has 21 heavy (non-hydrogen) atoms. The Kier molecular flexibility index (Phi) is 4.90. The van der Waals surface area contributed by atoms with Crippen molar-refractivity contribution in [3.63, 3.8) is 0 Å². The van der Waals surface area contributed by atoms with Crippen LogP contribution in [0.3, 0.4) is 0 Å². The van der Waals surface area contributed by atoms with Gasteiger partial charge >= 0.3 is 0 Å². The molecule has 1 aliphatic carbocycles. The van der Waals surface area contributed by atoms with Gasteiger partial charge in [-0.05, 0) is 75.3 Å². The zero-order valence-electron chi connectivity index (χ0n) is 13.2. The second-order valence-electron chi connectivity index (χ2n) is 6.82. The standard InChI is InChI=1S/C18H27BrN2/c1-12-10-14(19)11-13(2)18(12)21-17-8-5-6-15(17)16-7-3-4-9-20-16/h10-11,15-17,20-21H,3-9H2,1-2H3. The van der Waals surface area contributed by atoms with E-state index in [1.165, 1.54) is 66.4 Å². The van der Waals surface area contributed by atoms with Crippen LogP contribution in [-0.4, -0.2) is 18.6 Å². The van der Waals surface area contributed by atoms with Crippen molar-refractivity contribution in [2.24, 2.45) is 5.92 Å². The number of hydrogen-bond donors (Lipinski definition) is 2. The number of piperidine rings is 1. The first-order valence-corrected chi connectivity index (χ1v) is 9.21. The maximum atomic E-state index is 3.89. The van der Waals surface area contributed by atoms with Crippen molar-refractivity contribution in [2.45, 2.75) is 64.5 Å². The lowest BCUT2D eigenvalue weighted by Gasteiger charge is -2.34. The summed E-state index contributed by atoms with van der Waals surface area (Å²) in [6.07, 6.45) is 8.18. The van der Waals surface area contributed by atoms with E-state index >= 15 is 0 Å². The Balaban J connectivity index is 1.74. The van der Waals surface area contributed by atoms with Gasteiger partial charge in [0.05, 0.1) is 0 Å². The quantitative estimate of drug-likeness (QED) is 0.818. The van der Waals surface area contributed by atoms with Gasteiger partial charge in [0.25, 0.3) is 0 Å². The Morgan fingerprint density at radius 1 is 1.05 bits per heavy atom. The van der Waals surface area contributed by atoms with E-state index in [1.54, 1.807) is 0 Å². The zero-order valence-corrected chi connectivity index (χ0v) is 14.8. The molecule has 2 fully saturated rings. The van der Waals surface area contributed by atoms with Crippen molar-refractivity contribution >= 4 is 21.6 Å². The van der Waals surface area contributed by atoms with E-state index in [2.05, 4.69) is 52.5 Å². The van der Waals surface area contributed by atoms with Crippen LogP contribution in [0.4, 0.5) is 5.69 Å². The molecule has 1 heterocycles. The molecule has 3 rings (SSSR count). The van der Waals surface area contributed by atoms with Crippen molar-refractivity contribution in [1.29, 1.82) is 0 Å². The van der Waals surface area contributed by atoms with Gasteiger partial charge in [0.2, 0.25) is 0 Å². The first kappa shape index (κ1) is 15.4. The molecule has 1 saturated carbocycles. The summed E-state index contributed by atoms with van der Waals surface area (Å²) in [6.45, 7) is 5.63. The summed E-state index contributed by atoms with van der Waals surface area (Å²) >= 11 is 3.60. The highest BCUT2D eigenvalue weighted by atomic mass is 79.9. The summed E-state index contributed by atoms with van der Waals surface area (Å²) in [5.41, 5.74) is 4.05. The Morgan fingerprint density at radius 2 is 1.81 bits per heavy atom. The summed E-state index contributed by atoms with van der Waals surface area (Å²) in [4.78, 5) is 0. The fourth-order valence-corrected chi connectivity index (χ4v) is 4.90. The molecule has 3 heteroatoms. The van der Waals surface area contributed by atoms with Gasteiger partial charge < -0.3 is 10.6 Å². The lowest BCUT2D eigenvalue weighted by atomic mass is 9.88. The highest BCUT2D eigenvalue weighted by Gasteiger charge is 2.34. The van der Waals surface area contributed by atoms with Crippen LogP contribution in [-0.2, 0) is 0 Å². The van der Waals surface area contributed by atoms with Gasteiger partial charge in [-0.1, -0.05) is 28.8 Å². The smallest absolute Gasteiger partial charge is 0.0402 e. The van der Waals surface area contributed by atoms with Crippen LogP contribution >= 0.6 is 15.9 Å². The van der Waals surface area contributed by atoms with Crippen LogP contribution in [0, 0.1) is 19.8 Å². The number of hydrogen-bond acceptors (Lipinski definition) is 2. The minimum Gasteiger partial charge on any atom is -0.382 e. The van der Waals surface area contributed by atoms with Crippen LogP contribution in [0.5, 0.6) is 0 Å². The highest BCUT2D eigenvalue weighted by Crippen LogP contribution is 2.35. The van der Waals surface area contributed by atoms with Crippen molar-refractivity contribution in [3.05, 3.63) is 27.7 Å². The Labute approximate surface area is 137 Å². The molecule has 1 aromatic carbocycles. The van der Waals surface area contributed by atoms with Crippen LogP contribution < -0.4 is 10.6 Å². The summed E-state index contributed by atoms with van der Waals surface area (Å²) in [6, 6.07) is 5.81.